The smallest absolute Gasteiger partial charge is 0.408 e. The zero-order valence-electron chi connectivity index (χ0n) is 16.0. The number of carbonyl (C=O) groups excluding carboxylic acids is 1. The van der Waals surface area contributed by atoms with Crippen LogP contribution in [0.15, 0.2) is 30.3 Å². The standard InChI is InChI=1S/C20H31NO4/c1-19(2,3)15-10-7-14(8-11-15)9-12-17(23)16(13-22)21-18(24)25-20(4,5)6/h7-12,16-17,22-23H,13H2,1-6H3,(H,21,24)/b12-9+/t16-,17+/m0/s1. The van der Waals surface area contributed by atoms with Crippen molar-refractivity contribution in [2.75, 3.05) is 6.61 Å². The molecule has 0 saturated heterocycles. The highest BCUT2D eigenvalue weighted by Crippen LogP contribution is 2.22. The molecule has 0 heterocycles. The fourth-order valence-electron chi connectivity index (χ4n) is 2.14. The Labute approximate surface area is 150 Å². The SMILES string of the molecule is CC(C)(C)OC(=O)N[C@@H](CO)[C@H](O)/C=C/c1ccc(C(C)(C)C)cc1. The third-order valence-electron chi connectivity index (χ3n) is 3.57. The van der Waals surface area contributed by atoms with Gasteiger partial charge >= 0.3 is 6.09 Å². The average Bonchev–Trinajstić information content (AvgIpc) is 2.48. The van der Waals surface area contributed by atoms with Crippen molar-refractivity contribution in [1.29, 1.82) is 0 Å². The number of alkyl carbamates (subject to hydrolysis) is 1. The second-order valence-corrected chi connectivity index (χ2v) is 8.16. The minimum Gasteiger partial charge on any atom is -0.444 e. The zero-order valence-corrected chi connectivity index (χ0v) is 16.0. The number of benzene rings is 1. The molecular formula is C20H31NO4. The van der Waals surface area contributed by atoms with Gasteiger partial charge in [0.15, 0.2) is 0 Å². The van der Waals surface area contributed by atoms with Crippen LogP contribution >= 0.6 is 0 Å². The molecule has 0 spiro atoms. The van der Waals surface area contributed by atoms with Crippen LogP contribution in [-0.2, 0) is 10.2 Å². The van der Waals surface area contributed by atoms with E-state index in [4.69, 9.17) is 4.74 Å². The van der Waals surface area contributed by atoms with E-state index in [2.05, 4.69) is 38.2 Å². The summed E-state index contributed by atoms with van der Waals surface area (Å²) in [5.41, 5.74) is 1.60. The Morgan fingerprint density at radius 2 is 1.72 bits per heavy atom. The van der Waals surface area contributed by atoms with Gasteiger partial charge in [0.05, 0.1) is 18.8 Å². The number of hydrogen-bond acceptors (Lipinski definition) is 4. The third-order valence-corrected chi connectivity index (χ3v) is 3.57. The van der Waals surface area contributed by atoms with E-state index in [0.717, 1.165) is 5.56 Å². The van der Waals surface area contributed by atoms with Gasteiger partial charge in [0.25, 0.3) is 0 Å². The van der Waals surface area contributed by atoms with Crippen molar-refractivity contribution in [3.05, 3.63) is 41.5 Å². The van der Waals surface area contributed by atoms with E-state index in [1.54, 1.807) is 32.9 Å². The van der Waals surface area contributed by atoms with Crippen molar-refractivity contribution in [2.45, 2.75) is 64.7 Å². The Kier molecular flexibility index (Phi) is 7.20. The molecule has 140 valence electrons. The van der Waals surface area contributed by atoms with Gasteiger partial charge in [-0.1, -0.05) is 57.2 Å². The molecule has 0 aliphatic heterocycles. The first-order valence-electron chi connectivity index (χ1n) is 8.49. The Morgan fingerprint density at radius 3 is 2.16 bits per heavy atom. The highest BCUT2D eigenvalue weighted by atomic mass is 16.6. The molecule has 1 aromatic carbocycles. The summed E-state index contributed by atoms with van der Waals surface area (Å²) in [4.78, 5) is 11.8. The maximum absolute atomic E-state index is 11.8. The van der Waals surface area contributed by atoms with Crippen LogP contribution in [0.4, 0.5) is 4.79 Å². The summed E-state index contributed by atoms with van der Waals surface area (Å²) < 4.78 is 5.13. The molecule has 0 saturated carbocycles. The monoisotopic (exact) mass is 349 g/mol. The Bertz CT molecular complexity index is 579. The first-order chi connectivity index (χ1) is 11.4. The second kappa shape index (κ2) is 8.50. The van der Waals surface area contributed by atoms with E-state index in [1.165, 1.54) is 5.56 Å². The summed E-state index contributed by atoms with van der Waals surface area (Å²) in [7, 11) is 0. The summed E-state index contributed by atoms with van der Waals surface area (Å²) in [6, 6.07) is 7.21. The maximum Gasteiger partial charge on any atom is 0.408 e. The van der Waals surface area contributed by atoms with Crippen LogP contribution in [0.5, 0.6) is 0 Å². The van der Waals surface area contributed by atoms with Crippen LogP contribution < -0.4 is 5.32 Å². The number of aliphatic hydroxyl groups excluding tert-OH is 2. The zero-order chi connectivity index (χ0) is 19.3. The van der Waals surface area contributed by atoms with Crippen LogP contribution in [0.3, 0.4) is 0 Å². The third kappa shape index (κ3) is 7.71. The molecule has 5 nitrogen and oxygen atoms in total. The van der Waals surface area contributed by atoms with Gasteiger partial charge in [-0.25, -0.2) is 4.79 Å². The normalized spacial score (nSPS) is 15.0. The number of nitrogens with one attached hydrogen (secondary N) is 1. The second-order valence-electron chi connectivity index (χ2n) is 8.16. The molecule has 1 aromatic rings. The molecule has 1 amide bonds. The van der Waals surface area contributed by atoms with Gasteiger partial charge in [-0.3, -0.25) is 0 Å². The lowest BCUT2D eigenvalue weighted by molar-refractivity contribution is 0.0406. The summed E-state index contributed by atoms with van der Waals surface area (Å²) in [6.45, 7) is 11.3. The molecule has 0 aliphatic rings. The highest BCUT2D eigenvalue weighted by Gasteiger charge is 2.22. The van der Waals surface area contributed by atoms with Gasteiger partial charge < -0.3 is 20.3 Å². The molecule has 0 unspecified atom stereocenters. The van der Waals surface area contributed by atoms with Gasteiger partial charge in [0.1, 0.15) is 5.60 Å². The minimum atomic E-state index is -1.03. The lowest BCUT2D eigenvalue weighted by atomic mass is 9.87. The number of rotatable bonds is 5. The van der Waals surface area contributed by atoms with Crippen molar-refractivity contribution in [3.63, 3.8) is 0 Å². The van der Waals surface area contributed by atoms with E-state index >= 15 is 0 Å². The summed E-state index contributed by atoms with van der Waals surface area (Å²) in [5.74, 6) is 0. The number of amides is 1. The molecule has 2 atom stereocenters. The van der Waals surface area contributed by atoms with Crippen molar-refractivity contribution in [3.8, 4) is 0 Å². The molecule has 0 aliphatic carbocycles. The van der Waals surface area contributed by atoms with E-state index in [-0.39, 0.29) is 5.41 Å². The van der Waals surface area contributed by atoms with Crippen LogP contribution in [0.2, 0.25) is 0 Å². The van der Waals surface area contributed by atoms with Gasteiger partial charge in [0, 0.05) is 0 Å². The van der Waals surface area contributed by atoms with Crippen LogP contribution in [0.25, 0.3) is 6.08 Å². The number of ether oxygens (including phenoxy) is 1. The Hall–Kier alpha value is -1.85. The van der Waals surface area contributed by atoms with Gasteiger partial charge in [0.2, 0.25) is 0 Å². The van der Waals surface area contributed by atoms with E-state index in [0.29, 0.717) is 0 Å². The Morgan fingerprint density at radius 1 is 1.16 bits per heavy atom. The molecule has 3 N–H and O–H groups in total. The van der Waals surface area contributed by atoms with Crippen molar-refractivity contribution >= 4 is 12.2 Å². The van der Waals surface area contributed by atoms with Gasteiger partial charge in [-0.15, -0.1) is 0 Å². The van der Waals surface area contributed by atoms with E-state index in [9.17, 15) is 15.0 Å². The number of hydrogen-bond donors (Lipinski definition) is 3. The highest BCUT2D eigenvalue weighted by molar-refractivity contribution is 5.68. The van der Waals surface area contributed by atoms with Gasteiger partial charge in [-0.2, -0.15) is 0 Å². The van der Waals surface area contributed by atoms with Crippen LogP contribution in [0.1, 0.15) is 52.7 Å². The van der Waals surface area contributed by atoms with Crippen LogP contribution in [-0.4, -0.2) is 40.7 Å². The largest absolute Gasteiger partial charge is 0.444 e. The molecule has 25 heavy (non-hydrogen) atoms. The van der Waals surface area contributed by atoms with Crippen LogP contribution in [0, 0.1) is 0 Å². The summed E-state index contributed by atoms with van der Waals surface area (Å²) in [5, 5.41) is 22.1. The Balaban J connectivity index is 2.70. The van der Waals surface area contributed by atoms with E-state index in [1.807, 2.05) is 12.1 Å². The maximum atomic E-state index is 11.8. The number of carbonyl (C=O) groups is 1. The minimum absolute atomic E-state index is 0.0844. The van der Waals surface area contributed by atoms with Crippen molar-refractivity contribution in [2.24, 2.45) is 0 Å². The molecule has 0 bridgehead atoms. The van der Waals surface area contributed by atoms with Gasteiger partial charge in [-0.05, 0) is 37.3 Å². The fourth-order valence-corrected chi connectivity index (χ4v) is 2.14. The lowest BCUT2D eigenvalue weighted by Crippen LogP contribution is -2.46. The van der Waals surface area contributed by atoms with Crippen molar-refractivity contribution in [1.82, 2.24) is 5.32 Å². The predicted molar refractivity (Wildman–Crippen MR) is 100 cm³/mol. The predicted octanol–water partition coefficient (Wildman–Crippen LogP) is 3.24. The molecule has 0 aromatic heterocycles. The molecule has 0 fully saturated rings. The summed E-state index contributed by atoms with van der Waals surface area (Å²) >= 11 is 0. The lowest BCUT2D eigenvalue weighted by Gasteiger charge is -2.24. The van der Waals surface area contributed by atoms with Crippen molar-refractivity contribution < 1.29 is 19.7 Å². The molecule has 0 radical (unpaired) electrons. The molecule has 5 heteroatoms. The fraction of sp³-hybridized carbons (Fsp3) is 0.550. The first-order valence-corrected chi connectivity index (χ1v) is 8.49. The molecular weight excluding hydrogens is 318 g/mol. The first kappa shape index (κ1) is 21.2. The molecule has 1 rings (SSSR count). The van der Waals surface area contributed by atoms with E-state index < -0.39 is 30.4 Å². The topological polar surface area (TPSA) is 78.8 Å². The summed E-state index contributed by atoms with van der Waals surface area (Å²) in [6.07, 6.45) is 1.61. The quantitative estimate of drug-likeness (QED) is 0.762. The number of aliphatic hydroxyl groups is 2. The average molecular weight is 349 g/mol.